The molecule has 0 unspecified atom stereocenters. The highest BCUT2D eigenvalue weighted by atomic mass is 32.1. The average Bonchev–Trinajstić information content (AvgIpc) is 3.10. The van der Waals surface area contributed by atoms with Gasteiger partial charge in [0.1, 0.15) is 11.3 Å². The number of aromatic nitrogens is 3. The predicted molar refractivity (Wildman–Crippen MR) is 96.5 cm³/mol. The van der Waals surface area contributed by atoms with E-state index >= 15 is 0 Å². The maximum Gasteiger partial charge on any atom is 0.259 e. The summed E-state index contributed by atoms with van der Waals surface area (Å²) in [7, 11) is 2.07. The quantitative estimate of drug-likeness (QED) is 0.899. The summed E-state index contributed by atoms with van der Waals surface area (Å²) in [6, 6.07) is 3.71. The lowest BCUT2D eigenvalue weighted by atomic mass is 9.83. The molecule has 0 aliphatic heterocycles. The van der Waals surface area contributed by atoms with Crippen molar-refractivity contribution in [1.82, 2.24) is 15.2 Å². The van der Waals surface area contributed by atoms with Crippen LogP contribution in [-0.4, -0.2) is 34.7 Å². The molecule has 1 fully saturated rings. The zero-order valence-electron chi connectivity index (χ0n) is 14.1. The highest BCUT2D eigenvalue weighted by molar-refractivity contribution is 7.13. The van der Waals surface area contributed by atoms with Gasteiger partial charge in [-0.05, 0) is 36.8 Å². The van der Waals surface area contributed by atoms with Crippen molar-refractivity contribution in [3.05, 3.63) is 29.4 Å². The van der Waals surface area contributed by atoms with Crippen LogP contribution in [0.1, 0.15) is 43.0 Å². The van der Waals surface area contributed by atoms with Gasteiger partial charge in [-0.15, -0.1) is 10.2 Å². The van der Waals surface area contributed by atoms with Gasteiger partial charge in [-0.3, -0.25) is 10.1 Å². The normalized spacial score (nSPS) is 20.6. The van der Waals surface area contributed by atoms with Crippen LogP contribution in [0, 0.1) is 11.8 Å². The van der Waals surface area contributed by atoms with E-state index < -0.39 is 0 Å². The lowest BCUT2D eigenvalue weighted by Gasteiger charge is -2.30. The molecule has 0 radical (unpaired) electrons. The van der Waals surface area contributed by atoms with E-state index in [2.05, 4.69) is 39.4 Å². The van der Waals surface area contributed by atoms with Crippen molar-refractivity contribution >= 4 is 28.2 Å². The predicted octanol–water partition coefficient (Wildman–Crippen LogP) is 3.45. The van der Waals surface area contributed by atoms with Crippen LogP contribution < -0.4 is 10.2 Å². The molecule has 6 nitrogen and oxygen atoms in total. The molecule has 2 aromatic heterocycles. The Kier molecular flexibility index (Phi) is 5.40. The molecule has 1 N–H and O–H groups in total. The van der Waals surface area contributed by atoms with Crippen LogP contribution in [0.4, 0.5) is 10.9 Å². The Labute approximate surface area is 146 Å². The van der Waals surface area contributed by atoms with Gasteiger partial charge < -0.3 is 4.90 Å². The van der Waals surface area contributed by atoms with Gasteiger partial charge in [0.25, 0.3) is 5.91 Å². The highest BCUT2D eigenvalue weighted by Crippen LogP contribution is 2.29. The van der Waals surface area contributed by atoms with Crippen molar-refractivity contribution in [3.8, 4) is 0 Å². The molecule has 1 aliphatic carbocycles. The standard InChI is InChI=1S/C17H23N5OS/c1-12-3-5-13(6-4-12)10-22(2)15-8-7-14(9-18-15)16(23)20-17-21-19-11-24-17/h7-9,11-13H,3-6,10H2,1-2H3,(H,20,21,23). The van der Waals surface area contributed by atoms with Crippen molar-refractivity contribution in [2.24, 2.45) is 11.8 Å². The van der Waals surface area contributed by atoms with Crippen LogP contribution in [0.3, 0.4) is 0 Å². The van der Waals surface area contributed by atoms with E-state index in [4.69, 9.17) is 0 Å². The Morgan fingerprint density at radius 3 is 2.75 bits per heavy atom. The van der Waals surface area contributed by atoms with Crippen LogP contribution in [0.2, 0.25) is 0 Å². The summed E-state index contributed by atoms with van der Waals surface area (Å²) in [6.07, 6.45) is 6.88. The minimum absolute atomic E-state index is 0.213. The summed E-state index contributed by atoms with van der Waals surface area (Å²) in [4.78, 5) is 18.7. The molecule has 7 heteroatoms. The maximum absolute atomic E-state index is 12.1. The smallest absolute Gasteiger partial charge is 0.259 e. The van der Waals surface area contributed by atoms with Crippen LogP contribution >= 0.6 is 11.3 Å². The summed E-state index contributed by atoms with van der Waals surface area (Å²) < 4.78 is 0. The van der Waals surface area contributed by atoms with E-state index in [1.807, 2.05) is 6.07 Å². The number of hydrogen-bond donors (Lipinski definition) is 1. The summed E-state index contributed by atoms with van der Waals surface area (Å²) in [5.74, 6) is 2.31. The molecular weight excluding hydrogens is 322 g/mol. The Bertz CT molecular complexity index is 650. The van der Waals surface area contributed by atoms with Gasteiger partial charge in [-0.2, -0.15) is 0 Å². The van der Waals surface area contributed by atoms with Gasteiger partial charge in [0, 0.05) is 19.8 Å². The van der Waals surface area contributed by atoms with Crippen molar-refractivity contribution < 1.29 is 4.79 Å². The molecule has 0 saturated heterocycles. The van der Waals surface area contributed by atoms with Crippen molar-refractivity contribution in [3.63, 3.8) is 0 Å². The fourth-order valence-electron chi connectivity index (χ4n) is 3.14. The first-order valence-electron chi connectivity index (χ1n) is 8.36. The van der Waals surface area contributed by atoms with Gasteiger partial charge in [-0.1, -0.05) is 31.1 Å². The molecule has 1 amide bonds. The Hall–Kier alpha value is -2.02. The van der Waals surface area contributed by atoms with Crippen LogP contribution in [0.25, 0.3) is 0 Å². The minimum atomic E-state index is -0.213. The molecule has 0 bridgehead atoms. The van der Waals surface area contributed by atoms with Gasteiger partial charge in [-0.25, -0.2) is 4.98 Å². The van der Waals surface area contributed by atoms with E-state index in [0.717, 1.165) is 24.2 Å². The summed E-state index contributed by atoms with van der Waals surface area (Å²) in [5.41, 5.74) is 2.10. The maximum atomic E-state index is 12.1. The van der Waals surface area contributed by atoms with Crippen LogP contribution in [-0.2, 0) is 0 Å². The summed E-state index contributed by atoms with van der Waals surface area (Å²) >= 11 is 1.29. The molecular formula is C17H23N5OS. The fourth-order valence-corrected chi connectivity index (χ4v) is 3.58. The highest BCUT2D eigenvalue weighted by Gasteiger charge is 2.20. The lowest BCUT2D eigenvalue weighted by molar-refractivity contribution is 0.102. The van der Waals surface area contributed by atoms with Gasteiger partial charge >= 0.3 is 0 Å². The SMILES string of the molecule is CC1CCC(CN(C)c2ccc(C(=O)Nc3nncs3)cn2)CC1. The van der Waals surface area contributed by atoms with Crippen LogP contribution in [0.5, 0.6) is 0 Å². The second kappa shape index (κ2) is 7.70. The monoisotopic (exact) mass is 345 g/mol. The van der Waals surface area contributed by atoms with Gasteiger partial charge in [0.15, 0.2) is 0 Å². The summed E-state index contributed by atoms with van der Waals surface area (Å²) in [5, 5.41) is 10.7. The molecule has 128 valence electrons. The molecule has 0 spiro atoms. The zero-order chi connectivity index (χ0) is 16.9. The molecule has 1 saturated carbocycles. The molecule has 1 aliphatic rings. The summed E-state index contributed by atoms with van der Waals surface area (Å²) in [6.45, 7) is 3.36. The third-order valence-electron chi connectivity index (χ3n) is 4.65. The van der Waals surface area contributed by atoms with Crippen molar-refractivity contribution in [1.29, 1.82) is 0 Å². The van der Waals surface area contributed by atoms with Crippen molar-refractivity contribution in [2.45, 2.75) is 32.6 Å². The van der Waals surface area contributed by atoms with Crippen molar-refractivity contribution in [2.75, 3.05) is 23.8 Å². The third kappa shape index (κ3) is 4.29. The third-order valence-corrected chi connectivity index (χ3v) is 5.26. The van der Waals surface area contributed by atoms with E-state index in [-0.39, 0.29) is 5.91 Å². The number of rotatable bonds is 5. The second-order valence-corrected chi connectivity index (χ2v) is 7.44. The first kappa shape index (κ1) is 16.8. The molecule has 3 rings (SSSR count). The number of anilines is 2. The molecule has 2 heterocycles. The molecule has 2 aromatic rings. The number of nitrogens with zero attached hydrogens (tertiary/aromatic N) is 4. The number of pyridine rings is 1. The Balaban J connectivity index is 1.56. The molecule has 0 atom stereocenters. The topological polar surface area (TPSA) is 71.0 Å². The number of hydrogen-bond acceptors (Lipinski definition) is 6. The Morgan fingerprint density at radius 1 is 1.33 bits per heavy atom. The van der Waals surface area contributed by atoms with Gasteiger partial charge in [0.05, 0.1) is 5.56 Å². The average molecular weight is 345 g/mol. The van der Waals surface area contributed by atoms with E-state index in [9.17, 15) is 4.79 Å². The fraction of sp³-hybridized carbons (Fsp3) is 0.529. The lowest BCUT2D eigenvalue weighted by Crippen LogP contribution is -2.28. The number of carbonyl (C=O) groups is 1. The molecule has 0 aromatic carbocycles. The minimum Gasteiger partial charge on any atom is -0.359 e. The second-order valence-electron chi connectivity index (χ2n) is 6.61. The van der Waals surface area contributed by atoms with E-state index in [0.29, 0.717) is 10.7 Å². The van der Waals surface area contributed by atoms with E-state index in [1.165, 1.54) is 37.0 Å². The zero-order valence-corrected chi connectivity index (χ0v) is 14.9. The number of nitrogens with one attached hydrogen (secondary N) is 1. The van der Waals surface area contributed by atoms with Gasteiger partial charge in [0.2, 0.25) is 5.13 Å². The number of amides is 1. The van der Waals surface area contributed by atoms with E-state index in [1.54, 1.807) is 17.8 Å². The molecule has 24 heavy (non-hydrogen) atoms. The largest absolute Gasteiger partial charge is 0.359 e. The Morgan fingerprint density at radius 2 is 2.12 bits per heavy atom. The number of carbonyl (C=O) groups excluding carboxylic acids is 1. The first-order valence-corrected chi connectivity index (χ1v) is 9.24. The van der Waals surface area contributed by atoms with Crippen LogP contribution in [0.15, 0.2) is 23.8 Å². The first-order chi connectivity index (χ1) is 11.6.